The molecule has 136 valence electrons. The molecule has 0 bridgehead atoms. The largest absolute Gasteiger partial charge is 0.393 e. The Bertz CT molecular complexity index is 345. The lowest BCUT2D eigenvalue weighted by Crippen LogP contribution is -2.45. The molecule has 23 heavy (non-hydrogen) atoms. The molecule has 1 saturated heterocycles. The van der Waals surface area contributed by atoms with Gasteiger partial charge in [-0.15, -0.1) is 24.0 Å². The van der Waals surface area contributed by atoms with Crippen LogP contribution in [0.4, 0.5) is 0 Å². The molecule has 0 aromatic rings. The highest BCUT2D eigenvalue weighted by Crippen LogP contribution is 2.19. The summed E-state index contributed by atoms with van der Waals surface area (Å²) in [5.41, 5.74) is 0. The normalized spacial score (nSPS) is 29.7. The second-order valence-corrected chi connectivity index (χ2v) is 6.77. The van der Waals surface area contributed by atoms with Gasteiger partial charge in [0.2, 0.25) is 0 Å². The van der Waals surface area contributed by atoms with Crippen LogP contribution in [-0.4, -0.2) is 60.8 Å². The fourth-order valence-corrected chi connectivity index (χ4v) is 3.54. The van der Waals surface area contributed by atoms with Gasteiger partial charge in [-0.1, -0.05) is 6.92 Å². The fraction of sp³-hybridized carbons (Fsp3) is 0.941. The molecule has 0 radical (unpaired) electrons. The van der Waals surface area contributed by atoms with Gasteiger partial charge in [0.1, 0.15) is 0 Å². The van der Waals surface area contributed by atoms with Crippen molar-refractivity contribution in [3.63, 3.8) is 0 Å². The van der Waals surface area contributed by atoms with Crippen LogP contribution in [0.25, 0.3) is 0 Å². The highest BCUT2D eigenvalue weighted by Gasteiger charge is 2.21. The summed E-state index contributed by atoms with van der Waals surface area (Å²) >= 11 is 0. The van der Waals surface area contributed by atoms with Gasteiger partial charge in [0.15, 0.2) is 5.96 Å². The molecule has 0 spiro atoms. The summed E-state index contributed by atoms with van der Waals surface area (Å²) in [6.07, 6.45) is 6.40. The number of guanidine groups is 1. The Morgan fingerprint density at radius 3 is 2.57 bits per heavy atom. The third-order valence-corrected chi connectivity index (χ3v) is 4.94. The van der Waals surface area contributed by atoms with Gasteiger partial charge in [-0.2, -0.15) is 0 Å². The average Bonchev–Trinajstić information content (AvgIpc) is 2.55. The van der Waals surface area contributed by atoms with Crippen molar-refractivity contribution in [2.45, 2.75) is 64.5 Å². The molecule has 0 aromatic heterocycles. The van der Waals surface area contributed by atoms with E-state index in [9.17, 15) is 5.11 Å². The first-order chi connectivity index (χ1) is 10.7. The highest BCUT2D eigenvalue weighted by molar-refractivity contribution is 14.0. The number of likely N-dealkylation sites (tertiary alicyclic amines) is 1. The van der Waals surface area contributed by atoms with Gasteiger partial charge < -0.3 is 20.6 Å². The van der Waals surface area contributed by atoms with Gasteiger partial charge in [0.05, 0.1) is 6.10 Å². The van der Waals surface area contributed by atoms with Gasteiger partial charge in [0, 0.05) is 25.7 Å². The van der Waals surface area contributed by atoms with Crippen molar-refractivity contribution in [1.29, 1.82) is 0 Å². The smallest absolute Gasteiger partial charge is 0.191 e. The maximum atomic E-state index is 9.61. The van der Waals surface area contributed by atoms with E-state index in [1.807, 2.05) is 0 Å². The maximum absolute atomic E-state index is 9.61. The van der Waals surface area contributed by atoms with E-state index in [1.165, 1.54) is 25.9 Å². The molecule has 3 N–H and O–H groups in total. The van der Waals surface area contributed by atoms with E-state index in [4.69, 9.17) is 4.99 Å². The Morgan fingerprint density at radius 1 is 1.17 bits per heavy atom. The molecule has 2 fully saturated rings. The Balaban J connectivity index is 0.00000264. The van der Waals surface area contributed by atoms with Crippen molar-refractivity contribution < 1.29 is 5.11 Å². The van der Waals surface area contributed by atoms with E-state index in [0.29, 0.717) is 12.0 Å². The minimum Gasteiger partial charge on any atom is -0.393 e. The molecule has 5 nitrogen and oxygen atoms in total. The van der Waals surface area contributed by atoms with Crippen molar-refractivity contribution in [2.24, 2.45) is 10.9 Å². The van der Waals surface area contributed by atoms with Gasteiger partial charge in [-0.05, 0) is 64.5 Å². The molecule has 1 aliphatic heterocycles. The van der Waals surface area contributed by atoms with E-state index < -0.39 is 0 Å². The fourth-order valence-electron chi connectivity index (χ4n) is 3.54. The zero-order valence-electron chi connectivity index (χ0n) is 14.8. The van der Waals surface area contributed by atoms with Crippen molar-refractivity contribution >= 4 is 29.9 Å². The summed E-state index contributed by atoms with van der Waals surface area (Å²) in [4.78, 5) is 7.36. The zero-order valence-corrected chi connectivity index (χ0v) is 17.1. The molecule has 2 aliphatic rings. The van der Waals surface area contributed by atoms with Crippen LogP contribution in [0.15, 0.2) is 4.99 Å². The number of hydrogen-bond acceptors (Lipinski definition) is 3. The van der Waals surface area contributed by atoms with E-state index in [-0.39, 0.29) is 30.1 Å². The number of hydrogen-bond donors (Lipinski definition) is 3. The van der Waals surface area contributed by atoms with E-state index in [1.54, 1.807) is 0 Å². The van der Waals surface area contributed by atoms with Crippen LogP contribution < -0.4 is 10.6 Å². The van der Waals surface area contributed by atoms with Crippen molar-refractivity contribution in [1.82, 2.24) is 15.5 Å². The van der Waals surface area contributed by atoms with Gasteiger partial charge in [-0.3, -0.25) is 4.99 Å². The van der Waals surface area contributed by atoms with Crippen molar-refractivity contribution in [2.75, 3.05) is 32.7 Å². The molecule has 0 aromatic carbocycles. The molecular weight excluding hydrogens is 403 g/mol. The van der Waals surface area contributed by atoms with Crippen LogP contribution >= 0.6 is 24.0 Å². The number of nitrogens with zero attached hydrogens (tertiary/aromatic N) is 2. The summed E-state index contributed by atoms with van der Waals surface area (Å²) in [6, 6.07) is 0.458. The SMILES string of the molecule is CCNC(=NCC1CCCN(CC)C1)NC1CCC(O)CC1.I. The molecule has 1 saturated carbocycles. The Hall–Kier alpha value is -0.0800. The minimum atomic E-state index is -0.0974. The predicted octanol–water partition coefficient (Wildman–Crippen LogP) is 2.19. The number of nitrogens with one attached hydrogen (secondary N) is 2. The lowest BCUT2D eigenvalue weighted by atomic mass is 9.93. The number of piperidine rings is 1. The zero-order chi connectivity index (χ0) is 15.8. The number of aliphatic hydroxyl groups excluding tert-OH is 1. The number of aliphatic imine (C=N–C) groups is 1. The number of halogens is 1. The van der Waals surface area contributed by atoms with Gasteiger partial charge in [-0.25, -0.2) is 0 Å². The summed E-state index contributed by atoms with van der Waals surface area (Å²) in [5.74, 6) is 1.65. The highest BCUT2D eigenvalue weighted by atomic mass is 127. The van der Waals surface area contributed by atoms with E-state index in [2.05, 4.69) is 29.4 Å². The summed E-state index contributed by atoms with van der Waals surface area (Å²) in [5, 5.41) is 16.5. The van der Waals surface area contributed by atoms with Gasteiger partial charge in [0.25, 0.3) is 0 Å². The number of rotatable bonds is 5. The summed E-state index contributed by atoms with van der Waals surface area (Å²) < 4.78 is 0. The minimum absolute atomic E-state index is 0. The monoisotopic (exact) mass is 438 g/mol. The molecule has 1 unspecified atom stereocenters. The average molecular weight is 438 g/mol. The maximum Gasteiger partial charge on any atom is 0.191 e. The van der Waals surface area contributed by atoms with E-state index >= 15 is 0 Å². The second kappa shape index (κ2) is 11.5. The first-order valence-electron chi connectivity index (χ1n) is 9.16. The van der Waals surface area contributed by atoms with Gasteiger partial charge >= 0.3 is 0 Å². The second-order valence-electron chi connectivity index (χ2n) is 6.77. The molecule has 2 rings (SSSR count). The standard InChI is InChI=1S/C17H34N4O.HI/c1-3-18-17(20-15-7-9-16(22)10-8-15)19-12-14-6-5-11-21(4-2)13-14;/h14-16,22H,3-13H2,1-2H3,(H2,18,19,20);1H. The quantitative estimate of drug-likeness (QED) is 0.350. The molecule has 1 aliphatic carbocycles. The first kappa shape index (κ1) is 21.0. The number of aliphatic hydroxyl groups is 1. The van der Waals surface area contributed by atoms with Crippen molar-refractivity contribution in [3.05, 3.63) is 0 Å². The summed E-state index contributed by atoms with van der Waals surface area (Å²) in [6.45, 7) is 9.77. The van der Waals surface area contributed by atoms with E-state index in [0.717, 1.165) is 51.3 Å². The summed E-state index contributed by atoms with van der Waals surface area (Å²) in [7, 11) is 0. The van der Waals surface area contributed by atoms with Crippen molar-refractivity contribution in [3.8, 4) is 0 Å². The van der Waals surface area contributed by atoms with Crippen LogP contribution in [0.3, 0.4) is 0 Å². The van der Waals surface area contributed by atoms with Crippen LogP contribution in [0.2, 0.25) is 0 Å². The first-order valence-corrected chi connectivity index (χ1v) is 9.16. The molecule has 0 amide bonds. The van der Waals surface area contributed by atoms with Crippen LogP contribution in [0, 0.1) is 5.92 Å². The molecule has 1 atom stereocenters. The third-order valence-electron chi connectivity index (χ3n) is 4.94. The van der Waals surface area contributed by atoms with Crippen LogP contribution in [0.1, 0.15) is 52.4 Å². The van der Waals surface area contributed by atoms with Crippen LogP contribution in [-0.2, 0) is 0 Å². The topological polar surface area (TPSA) is 59.9 Å². The third kappa shape index (κ3) is 7.56. The lowest BCUT2D eigenvalue weighted by molar-refractivity contribution is 0.120. The molecule has 6 heteroatoms. The Morgan fingerprint density at radius 2 is 1.91 bits per heavy atom. The molecule has 1 heterocycles. The Labute approximate surface area is 158 Å². The predicted molar refractivity (Wildman–Crippen MR) is 108 cm³/mol. The Kier molecular flexibility index (Phi) is 10.5. The van der Waals surface area contributed by atoms with Crippen LogP contribution in [0.5, 0.6) is 0 Å². The molecular formula is C17H35IN4O. The lowest BCUT2D eigenvalue weighted by Gasteiger charge is -2.31.